The molecule has 0 radical (unpaired) electrons. The maximum absolute atomic E-state index is 11.9. The molecule has 0 aromatic carbocycles. The Balaban J connectivity index is 2.94. The summed E-state index contributed by atoms with van der Waals surface area (Å²) in [5, 5.41) is 0. The van der Waals surface area contributed by atoms with Gasteiger partial charge in [0.15, 0.2) is 5.92 Å². The predicted molar refractivity (Wildman–Crippen MR) is 65.0 cm³/mol. The molecule has 1 aliphatic rings. The summed E-state index contributed by atoms with van der Waals surface area (Å²) < 4.78 is 14.9. The maximum Gasteiger partial charge on any atom is 0.321 e. The number of carbonyl (C=O) groups excluding carboxylic acids is 3. The van der Waals surface area contributed by atoms with Gasteiger partial charge in [-0.1, -0.05) is 0 Å². The fourth-order valence-corrected chi connectivity index (χ4v) is 2.15. The van der Waals surface area contributed by atoms with Crippen molar-refractivity contribution < 1.29 is 28.6 Å². The van der Waals surface area contributed by atoms with E-state index in [9.17, 15) is 14.4 Å². The minimum absolute atomic E-state index is 0.139. The van der Waals surface area contributed by atoms with Crippen LogP contribution in [0.15, 0.2) is 0 Å². The molecule has 1 atom stereocenters. The molecule has 108 valence electrons. The summed E-state index contributed by atoms with van der Waals surface area (Å²) in [5.74, 6) is -4.11. The van der Waals surface area contributed by atoms with Gasteiger partial charge in [0, 0.05) is 6.42 Å². The van der Waals surface area contributed by atoms with E-state index in [1.54, 1.807) is 27.7 Å². The van der Waals surface area contributed by atoms with Crippen molar-refractivity contribution in [3.05, 3.63) is 0 Å². The summed E-state index contributed by atoms with van der Waals surface area (Å²) in [5.41, 5.74) is -0.682. The second kappa shape index (κ2) is 6.04. The highest BCUT2D eigenvalue weighted by Gasteiger charge is 2.50. The zero-order valence-electron chi connectivity index (χ0n) is 11.7. The Morgan fingerprint density at radius 3 is 2.05 bits per heavy atom. The van der Waals surface area contributed by atoms with Crippen LogP contribution in [0.2, 0.25) is 0 Å². The van der Waals surface area contributed by atoms with Gasteiger partial charge in [-0.3, -0.25) is 14.4 Å². The minimum Gasteiger partial charge on any atom is -0.465 e. The van der Waals surface area contributed by atoms with Crippen LogP contribution in [0.1, 0.15) is 34.1 Å². The van der Waals surface area contributed by atoms with Crippen molar-refractivity contribution in [3.8, 4) is 0 Å². The monoisotopic (exact) mass is 272 g/mol. The zero-order chi connectivity index (χ0) is 14.6. The molecule has 0 aliphatic carbocycles. The molecule has 1 heterocycles. The molecule has 0 aromatic heterocycles. The average molecular weight is 272 g/mol. The van der Waals surface area contributed by atoms with Gasteiger partial charge in [0.25, 0.3) is 0 Å². The number of carbonyl (C=O) groups is 3. The van der Waals surface area contributed by atoms with E-state index >= 15 is 0 Å². The Bertz CT molecular complexity index is 355. The van der Waals surface area contributed by atoms with E-state index in [2.05, 4.69) is 0 Å². The van der Waals surface area contributed by atoms with E-state index in [-0.39, 0.29) is 19.6 Å². The van der Waals surface area contributed by atoms with Crippen LogP contribution in [-0.4, -0.2) is 36.7 Å². The summed E-state index contributed by atoms with van der Waals surface area (Å²) in [7, 11) is 0. The van der Waals surface area contributed by atoms with Crippen molar-refractivity contribution in [2.45, 2.75) is 39.7 Å². The molecule has 0 N–H and O–H groups in total. The largest absolute Gasteiger partial charge is 0.465 e. The Morgan fingerprint density at radius 2 is 1.74 bits per heavy atom. The number of ether oxygens (including phenoxy) is 3. The molecule has 0 amide bonds. The Kier molecular flexibility index (Phi) is 4.91. The molecule has 0 saturated carbocycles. The average Bonchev–Trinajstić information content (AvgIpc) is 2.53. The second-order valence-corrected chi connectivity index (χ2v) is 4.97. The van der Waals surface area contributed by atoms with Crippen LogP contribution in [0.4, 0.5) is 0 Å². The first-order valence-corrected chi connectivity index (χ1v) is 6.38. The van der Waals surface area contributed by atoms with E-state index < -0.39 is 35.3 Å². The minimum atomic E-state index is -1.24. The third-order valence-corrected chi connectivity index (χ3v) is 2.87. The predicted octanol–water partition coefficient (Wildman–Crippen LogP) is 1.07. The van der Waals surface area contributed by atoms with Crippen molar-refractivity contribution in [2.24, 2.45) is 11.8 Å². The fraction of sp³-hybridized carbons (Fsp3) is 0.769. The summed E-state index contributed by atoms with van der Waals surface area (Å²) >= 11 is 0. The van der Waals surface area contributed by atoms with Crippen LogP contribution in [0, 0.1) is 11.8 Å². The molecule has 1 saturated heterocycles. The molecule has 19 heavy (non-hydrogen) atoms. The van der Waals surface area contributed by atoms with Crippen LogP contribution in [0.5, 0.6) is 0 Å². The van der Waals surface area contributed by atoms with Gasteiger partial charge >= 0.3 is 17.9 Å². The van der Waals surface area contributed by atoms with Gasteiger partial charge in [0.2, 0.25) is 0 Å². The fourth-order valence-electron chi connectivity index (χ4n) is 2.15. The number of rotatable bonds is 5. The van der Waals surface area contributed by atoms with E-state index in [1.807, 2.05) is 0 Å². The third-order valence-electron chi connectivity index (χ3n) is 2.87. The van der Waals surface area contributed by atoms with Gasteiger partial charge in [-0.05, 0) is 27.7 Å². The standard InChI is InChI=1S/C13H20O6/c1-5-17-11(15)9(12(16)18-6-2)8-7-13(3,4)19-10(8)14/h8-9H,5-7H2,1-4H3. The maximum atomic E-state index is 11.9. The van der Waals surface area contributed by atoms with Crippen molar-refractivity contribution in [1.29, 1.82) is 0 Å². The molecular weight excluding hydrogens is 252 g/mol. The number of hydrogen-bond donors (Lipinski definition) is 0. The molecule has 0 aromatic rings. The van der Waals surface area contributed by atoms with Crippen LogP contribution in [-0.2, 0) is 28.6 Å². The Hall–Kier alpha value is -1.59. The van der Waals surface area contributed by atoms with Crippen LogP contribution < -0.4 is 0 Å². The van der Waals surface area contributed by atoms with Crippen molar-refractivity contribution in [1.82, 2.24) is 0 Å². The zero-order valence-corrected chi connectivity index (χ0v) is 11.7. The summed E-state index contributed by atoms with van der Waals surface area (Å²) in [6.45, 7) is 7.02. The van der Waals surface area contributed by atoms with Gasteiger partial charge < -0.3 is 14.2 Å². The van der Waals surface area contributed by atoms with Gasteiger partial charge in [0.05, 0.1) is 19.1 Å². The lowest BCUT2D eigenvalue weighted by molar-refractivity contribution is -0.168. The summed E-state index contributed by atoms with van der Waals surface area (Å²) in [6, 6.07) is 0. The van der Waals surface area contributed by atoms with Gasteiger partial charge in [-0.2, -0.15) is 0 Å². The van der Waals surface area contributed by atoms with Crippen molar-refractivity contribution in [2.75, 3.05) is 13.2 Å². The Labute approximate surface area is 112 Å². The second-order valence-electron chi connectivity index (χ2n) is 4.97. The molecule has 6 nitrogen and oxygen atoms in total. The number of esters is 3. The molecule has 1 aliphatic heterocycles. The molecular formula is C13H20O6. The summed E-state index contributed by atoms with van der Waals surface area (Å²) in [4.78, 5) is 35.6. The first-order chi connectivity index (χ1) is 8.82. The first kappa shape index (κ1) is 15.5. The van der Waals surface area contributed by atoms with Crippen molar-refractivity contribution in [3.63, 3.8) is 0 Å². The molecule has 1 fully saturated rings. The lowest BCUT2D eigenvalue weighted by atomic mass is 9.86. The number of hydrogen-bond acceptors (Lipinski definition) is 6. The SMILES string of the molecule is CCOC(=O)C(C(=O)OCC)C1CC(C)(C)OC1=O. The highest BCUT2D eigenvalue weighted by molar-refractivity contribution is 5.99. The quantitative estimate of drug-likeness (QED) is 0.423. The Morgan fingerprint density at radius 1 is 1.26 bits per heavy atom. The van der Waals surface area contributed by atoms with Crippen molar-refractivity contribution >= 4 is 17.9 Å². The lowest BCUT2D eigenvalue weighted by Crippen LogP contribution is -2.36. The normalized spacial score (nSPS) is 21.1. The van der Waals surface area contributed by atoms with Crippen LogP contribution in [0.25, 0.3) is 0 Å². The summed E-state index contributed by atoms with van der Waals surface area (Å²) in [6.07, 6.45) is 0.286. The van der Waals surface area contributed by atoms with E-state index in [1.165, 1.54) is 0 Å². The highest BCUT2D eigenvalue weighted by Crippen LogP contribution is 2.36. The molecule has 0 spiro atoms. The van der Waals surface area contributed by atoms with E-state index in [0.29, 0.717) is 0 Å². The molecule has 6 heteroatoms. The topological polar surface area (TPSA) is 78.9 Å². The first-order valence-electron chi connectivity index (χ1n) is 6.38. The van der Waals surface area contributed by atoms with Crippen LogP contribution >= 0.6 is 0 Å². The van der Waals surface area contributed by atoms with Crippen LogP contribution in [0.3, 0.4) is 0 Å². The molecule has 1 rings (SSSR count). The molecule has 0 bridgehead atoms. The number of cyclic esters (lactones) is 1. The smallest absolute Gasteiger partial charge is 0.321 e. The lowest BCUT2D eigenvalue weighted by Gasteiger charge is -2.18. The highest BCUT2D eigenvalue weighted by atomic mass is 16.6. The third kappa shape index (κ3) is 3.68. The van der Waals surface area contributed by atoms with E-state index in [0.717, 1.165) is 0 Å². The van der Waals surface area contributed by atoms with Gasteiger partial charge in [0.1, 0.15) is 5.60 Å². The van der Waals surface area contributed by atoms with E-state index in [4.69, 9.17) is 14.2 Å². The van der Waals surface area contributed by atoms with Gasteiger partial charge in [-0.25, -0.2) is 0 Å². The molecule has 1 unspecified atom stereocenters. The van der Waals surface area contributed by atoms with Gasteiger partial charge in [-0.15, -0.1) is 0 Å².